The van der Waals surface area contributed by atoms with Gasteiger partial charge in [0.2, 0.25) is 11.9 Å². The Hall–Kier alpha value is -5.14. The third kappa shape index (κ3) is 7.28. The summed E-state index contributed by atoms with van der Waals surface area (Å²) in [6, 6.07) is 16.2. The van der Waals surface area contributed by atoms with E-state index in [9.17, 15) is 5.11 Å². The van der Waals surface area contributed by atoms with Crippen molar-refractivity contribution in [2.24, 2.45) is 0 Å². The molecule has 6 heterocycles. The van der Waals surface area contributed by atoms with E-state index < -0.39 is 0 Å². The first kappa shape index (κ1) is 35.3. The first-order valence-corrected chi connectivity index (χ1v) is 18.4. The minimum absolute atomic E-state index is 0.212. The third-order valence-electron chi connectivity index (χ3n) is 9.95. The zero-order valence-corrected chi connectivity index (χ0v) is 30.7. The summed E-state index contributed by atoms with van der Waals surface area (Å²) in [5.41, 5.74) is 8.14. The first-order chi connectivity index (χ1) is 25.3. The number of phenols is 1. The Morgan fingerprint density at radius 1 is 0.654 bits per heavy atom. The second-order valence-electron chi connectivity index (χ2n) is 13.5. The molecule has 1 N–H and O–H groups in total. The topological polar surface area (TPSA) is 132 Å². The van der Waals surface area contributed by atoms with Crippen molar-refractivity contribution in [1.82, 2.24) is 39.0 Å². The van der Waals surface area contributed by atoms with Crippen molar-refractivity contribution in [1.29, 1.82) is 0 Å². The quantitative estimate of drug-likeness (QED) is 0.183. The maximum Gasteiger partial charge on any atom is 0.228 e. The summed E-state index contributed by atoms with van der Waals surface area (Å²) in [6.07, 6.45) is 5.75. The van der Waals surface area contributed by atoms with Crippen molar-refractivity contribution >= 4 is 34.2 Å². The zero-order valence-electron chi connectivity index (χ0n) is 30.7. The number of morpholine rings is 2. The molecule has 272 valence electrons. The van der Waals surface area contributed by atoms with Crippen molar-refractivity contribution in [3.8, 4) is 28.3 Å². The molecule has 2 aliphatic heterocycles. The van der Waals surface area contributed by atoms with Gasteiger partial charge in [0, 0.05) is 49.4 Å². The molecular formula is C39H48N10O3. The second-order valence-corrected chi connectivity index (χ2v) is 13.5. The van der Waals surface area contributed by atoms with Crippen LogP contribution in [0.5, 0.6) is 5.75 Å². The molecule has 2 atom stereocenters. The number of aromatic nitrogens is 8. The molecule has 4 aromatic heterocycles. The maximum atomic E-state index is 9.90. The van der Waals surface area contributed by atoms with E-state index in [2.05, 4.69) is 87.8 Å². The Morgan fingerprint density at radius 3 is 1.56 bits per heavy atom. The molecular weight excluding hydrogens is 656 g/mol. The molecule has 2 aliphatic rings. The molecule has 0 saturated carbocycles. The average Bonchev–Trinajstić information content (AvgIpc) is 3.82. The van der Waals surface area contributed by atoms with E-state index in [0.717, 1.165) is 89.8 Å². The number of benzene rings is 2. The summed E-state index contributed by atoms with van der Waals surface area (Å²) in [6.45, 7) is 16.7. The molecule has 0 radical (unpaired) electrons. The summed E-state index contributed by atoms with van der Waals surface area (Å²) in [5, 5.41) is 9.90. The Bertz CT molecular complexity index is 1980. The van der Waals surface area contributed by atoms with Gasteiger partial charge in [-0.1, -0.05) is 49.7 Å². The minimum atomic E-state index is 0.212. The number of aromatic hydroxyl groups is 1. The predicted molar refractivity (Wildman–Crippen MR) is 204 cm³/mol. The van der Waals surface area contributed by atoms with E-state index in [-0.39, 0.29) is 5.75 Å². The molecule has 6 aromatic rings. The van der Waals surface area contributed by atoms with Crippen LogP contribution in [-0.4, -0.2) is 96.8 Å². The maximum absolute atomic E-state index is 9.90. The van der Waals surface area contributed by atoms with E-state index in [1.165, 1.54) is 5.56 Å². The lowest BCUT2D eigenvalue weighted by Gasteiger charge is -2.27. The average molecular weight is 705 g/mol. The molecule has 52 heavy (non-hydrogen) atoms. The third-order valence-corrected chi connectivity index (χ3v) is 9.95. The number of hydrogen-bond donors (Lipinski definition) is 1. The summed E-state index contributed by atoms with van der Waals surface area (Å²) in [4.78, 5) is 33.1. The molecule has 13 nitrogen and oxygen atoms in total. The highest BCUT2D eigenvalue weighted by molar-refractivity contribution is 5.89. The van der Waals surface area contributed by atoms with Crippen LogP contribution in [0.1, 0.15) is 58.2 Å². The standard InChI is InChI=1S/C20H25N5O.C19H23N5O2/c1-4-15(3)25-13-21-18-17(16-7-5-6-14(2)12-16)22-20(23-19(18)25)24-8-10-26-11-9-24;1-3-13(2)24-12-20-17-16(14-5-4-6-15(25)11-14)21-19(22-18(17)24)23-7-9-26-10-8-23/h5-7,12-13,15H,4,8-11H2,1-3H3;4-6,11-13,25H,3,7-10H2,1-2H3. The molecule has 0 spiro atoms. The van der Waals surface area contributed by atoms with E-state index in [1.54, 1.807) is 12.1 Å². The number of phenolic OH excluding ortho intramolecular Hbond substituents is 1. The van der Waals surface area contributed by atoms with Gasteiger partial charge < -0.3 is 33.5 Å². The minimum Gasteiger partial charge on any atom is -0.508 e. The van der Waals surface area contributed by atoms with Gasteiger partial charge in [-0.05, 0) is 51.8 Å². The van der Waals surface area contributed by atoms with Crippen LogP contribution < -0.4 is 9.80 Å². The van der Waals surface area contributed by atoms with Gasteiger partial charge in [0.1, 0.15) is 28.2 Å². The Kier molecular flexibility index (Phi) is 10.6. The van der Waals surface area contributed by atoms with Crippen molar-refractivity contribution in [2.45, 2.75) is 59.5 Å². The summed E-state index contributed by atoms with van der Waals surface area (Å²) in [5.74, 6) is 1.66. The number of anilines is 2. The molecule has 2 fully saturated rings. The van der Waals surface area contributed by atoms with Gasteiger partial charge in [0.15, 0.2) is 11.3 Å². The van der Waals surface area contributed by atoms with Crippen LogP contribution in [0.25, 0.3) is 44.8 Å². The first-order valence-electron chi connectivity index (χ1n) is 18.4. The van der Waals surface area contributed by atoms with Gasteiger partial charge >= 0.3 is 0 Å². The zero-order chi connectivity index (χ0) is 36.2. The smallest absolute Gasteiger partial charge is 0.228 e. The summed E-state index contributed by atoms with van der Waals surface area (Å²) in [7, 11) is 0. The Morgan fingerprint density at radius 2 is 1.12 bits per heavy atom. The van der Waals surface area contributed by atoms with E-state index >= 15 is 0 Å². The molecule has 0 aliphatic carbocycles. The lowest BCUT2D eigenvalue weighted by molar-refractivity contribution is 0.122. The van der Waals surface area contributed by atoms with Gasteiger partial charge in [-0.15, -0.1) is 0 Å². The van der Waals surface area contributed by atoms with Gasteiger partial charge in [-0.3, -0.25) is 0 Å². The van der Waals surface area contributed by atoms with Crippen LogP contribution in [0.15, 0.2) is 61.2 Å². The molecule has 2 unspecified atom stereocenters. The van der Waals surface area contributed by atoms with Gasteiger partial charge in [-0.2, -0.15) is 9.97 Å². The van der Waals surface area contributed by atoms with Crippen LogP contribution in [0.4, 0.5) is 11.9 Å². The van der Waals surface area contributed by atoms with Crippen LogP contribution in [0, 0.1) is 6.92 Å². The normalized spacial score (nSPS) is 16.2. The summed E-state index contributed by atoms with van der Waals surface area (Å²) < 4.78 is 15.2. The monoisotopic (exact) mass is 704 g/mol. The Labute approximate surface area is 304 Å². The highest BCUT2D eigenvalue weighted by atomic mass is 16.5. The number of rotatable bonds is 8. The van der Waals surface area contributed by atoms with Crippen LogP contribution >= 0.6 is 0 Å². The molecule has 2 saturated heterocycles. The van der Waals surface area contributed by atoms with Crippen molar-refractivity contribution in [3.63, 3.8) is 0 Å². The van der Waals surface area contributed by atoms with E-state index in [0.29, 0.717) is 44.5 Å². The number of aryl methyl sites for hydroxylation is 1. The molecule has 2 aromatic carbocycles. The highest BCUT2D eigenvalue weighted by Crippen LogP contribution is 2.32. The molecule has 0 amide bonds. The van der Waals surface area contributed by atoms with Crippen molar-refractivity contribution < 1.29 is 14.6 Å². The van der Waals surface area contributed by atoms with Crippen molar-refractivity contribution in [2.75, 3.05) is 62.4 Å². The molecule has 0 bridgehead atoms. The fourth-order valence-corrected chi connectivity index (χ4v) is 6.51. The van der Waals surface area contributed by atoms with E-state index in [4.69, 9.17) is 29.4 Å². The largest absolute Gasteiger partial charge is 0.508 e. The fourth-order valence-electron chi connectivity index (χ4n) is 6.51. The fraction of sp³-hybridized carbons (Fsp3) is 0.436. The van der Waals surface area contributed by atoms with Crippen LogP contribution in [0.3, 0.4) is 0 Å². The lowest BCUT2D eigenvalue weighted by atomic mass is 10.1. The summed E-state index contributed by atoms with van der Waals surface area (Å²) >= 11 is 0. The van der Waals surface area contributed by atoms with Gasteiger partial charge in [0.25, 0.3) is 0 Å². The second kappa shape index (κ2) is 15.6. The van der Waals surface area contributed by atoms with Crippen molar-refractivity contribution in [3.05, 3.63) is 66.7 Å². The molecule has 8 rings (SSSR count). The van der Waals surface area contributed by atoms with Crippen LogP contribution in [0.2, 0.25) is 0 Å². The Balaban J connectivity index is 0.000000162. The van der Waals surface area contributed by atoms with E-state index in [1.807, 2.05) is 24.8 Å². The number of hydrogen-bond acceptors (Lipinski definition) is 11. The van der Waals surface area contributed by atoms with Gasteiger partial charge in [0.05, 0.1) is 39.1 Å². The number of fused-ring (bicyclic) bond motifs is 2. The highest BCUT2D eigenvalue weighted by Gasteiger charge is 2.23. The predicted octanol–water partition coefficient (Wildman–Crippen LogP) is 6.62. The van der Waals surface area contributed by atoms with Crippen LogP contribution in [-0.2, 0) is 9.47 Å². The number of ether oxygens (including phenoxy) is 2. The molecule has 13 heteroatoms. The van der Waals surface area contributed by atoms with Gasteiger partial charge in [-0.25, -0.2) is 19.9 Å². The SMILES string of the molecule is CCC(C)n1cnc2c(-c3cccc(C)c3)nc(N3CCOCC3)nc21.CCC(C)n1cnc2c(-c3cccc(O)c3)nc(N3CCOCC3)nc21. The number of imidazole rings is 2. The lowest BCUT2D eigenvalue weighted by Crippen LogP contribution is -2.37. The number of nitrogens with zero attached hydrogens (tertiary/aromatic N) is 10.